The molecule has 0 bridgehead atoms. The largest absolute Gasteiger partial charge is 0.487 e. The van der Waals surface area contributed by atoms with Gasteiger partial charge in [0.25, 0.3) is 5.91 Å². The van der Waals surface area contributed by atoms with Gasteiger partial charge in [-0.25, -0.2) is 5.43 Å². The molecule has 0 spiro atoms. The van der Waals surface area contributed by atoms with Crippen LogP contribution in [0.2, 0.25) is 0 Å². The van der Waals surface area contributed by atoms with Crippen LogP contribution in [-0.4, -0.2) is 24.1 Å². The third-order valence-corrected chi connectivity index (χ3v) is 7.59. The molecule has 8 heteroatoms. The first-order valence-electron chi connectivity index (χ1n) is 13.2. The van der Waals surface area contributed by atoms with Crippen molar-refractivity contribution in [2.24, 2.45) is 11.0 Å². The van der Waals surface area contributed by atoms with E-state index in [1.165, 1.54) is 0 Å². The molecule has 4 aromatic rings. The van der Waals surface area contributed by atoms with Crippen LogP contribution in [0.5, 0.6) is 5.75 Å². The van der Waals surface area contributed by atoms with Crippen LogP contribution < -0.4 is 15.5 Å². The number of halogens is 2. The van der Waals surface area contributed by atoms with Crippen LogP contribution in [0, 0.1) is 5.92 Å². The first-order chi connectivity index (χ1) is 19.8. The van der Waals surface area contributed by atoms with Crippen molar-refractivity contribution in [3.05, 3.63) is 134 Å². The molecule has 1 atom stereocenters. The van der Waals surface area contributed by atoms with Crippen molar-refractivity contribution in [3.63, 3.8) is 0 Å². The van der Waals surface area contributed by atoms with Gasteiger partial charge in [-0.1, -0.05) is 105 Å². The summed E-state index contributed by atoms with van der Waals surface area (Å²) in [5.41, 5.74) is 6.10. The van der Waals surface area contributed by atoms with E-state index in [0.29, 0.717) is 12.4 Å². The molecule has 0 heterocycles. The molecule has 0 unspecified atom stereocenters. The van der Waals surface area contributed by atoms with Gasteiger partial charge in [-0.05, 0) is 72.2 Å². The third kappa shape index (κ3) is 8.38. The molecule has 0 aromatic heterocycles. The molecule has 0 radical (unpaired) electrons. The molecule has 6 nitrogen and oxygen atoms in total. The number of amides is 2. The first kappa shape index (κ1) is 30.2. The summed E-state index contributed by atoms with van der Waals surface area (Å²) in [5, 5.41) is 7.12. The summed E-state index contributed by atoms with van der Waals surface area (Å²) >= 11 is 7.12. The van der Waals surface area contributed by atoms with Gasteiger partial charge in [-0.2, -0.15) is 5.10 Å². The number of nitrogens with zero attached hydrogens (tertiary/aromatic N) is 1. The second-order valence-electron chi connectivity index (χ2n) is 9.81. The number of carbonyl (C=O) groups excluding carboxylic acids is 2. The van der Waals surface area contributed by atoms with Gasteiger partial charge in [0.1, 0.15) is 18.4 Å². The minimum absolute atomic E-state index is 0.161. The number of hydrazone groups is 1. The maximum Gasteiger partial charge on any atom is 0.262 e. The van der Waals surface area contributed by atoms with Crippen molar-refractivity contribution in [2.45, 2.75) is 32.4 Å². The molecule has 4 aromatic carbocycles. The van der Waals surface area contributed by atoms with Crippen LogP contribution in [-0.2, 0) is 16.2 Å². The minimum atomic E-state index is -0.776. The predicted molar refractivity (Wildman–Crippen MR) is 170 cm³/mol. The molecule has 0 aliphatic rings. The van der Waals surface area contributed by atoms with Crippen molar-refractivity contribution < 1.29 is 14.3 Å². The number of hydrogen-bond donors (Lipinski definition) is 2. The Morgan fingerprint density at radius 2 is 1.32 bits per heavy atom. The lowest BCUT2D eigenvalue weighted by molar-refractivity contribution is -0.130. The summed E-state index contributed by atoms with van der Waals surface area (Å²) in [6.07, 6.45) is 1.55. The highest BCUT2D eigenvalue weighted by Crippen LogP contribution is 2.35. The number of benzene rings is 4. The summed E-state index contributed by atoms with van der Waals surface area (Å²) in [6.45, 7) is 4.20. The molecule has 210 valence electrons. The highest BCUT2D eigenvalue weighted by atomic mass is 79.9. The Morgan fingerprint density at radius 3 is 1.83 bits per heavy atom. The zero-order chi connectivity index (χ0) is 29.2. The molecule has 0 fully saturated rings. The molecular weight excluding hydrogens is 646 g/mol. The Kier molecular flexibility index (Phi) is 10.9. The molecular formula is C33H31Br2N3O3. The number of hydrogen-bond acceptors (Lipinski definition) is 4. The highest BCUT2D eigenvalue weighted by molar-refractivity contribution is 9.11. The van der Waals surface area contributed by atoms with Crippen LogP contribution in [0.3, 0.4) is 0 Å². The highest BCUT2D eigenvalue weighted by Gasteiger charge is 2.29. The summed E-state index contributed by atoms with van der Waals surface area (Å²) in [4.78, 5) is 26.7. The Morgan fingerprint density at radius 1 is 0.805 bits per heavy atom. The third-order valence-electron chi connectivity index (χ3n) is 6.41. The van der Waals surface area contributed by atoms with Gasteiger partial charge in [0.15, 0.2) is 0 Å². The monoisotopic (exact) mass is 675 g/mol. The maximum atomic E-state index is 13.6. The van der Waals surface area contributed by atoms with Gasteiger partial charge in [0.2, 0.25) is 5.91 Å². The minimum Gasteiger partial charge on any atom is -0.487 e. The topological polar surface area (TPSA) is 79.8 Å². The van der Waals surface area contributed by atoms with E-state index in [2.05, 4.69) is 47.7 Å². The molecule has 0 saturated carbocycles. The fourth-order valence-corrected chi connectivity index (χ4v) is 5.77. The lowest BCUT2D eigenvalue weighted by Crippen LogP contribution is -2.50. The zero-order valence-corrected chi connectivity index (χ0v) is 25.9. The summed E-state index contributed by atoms with van der Waals surface area (Å²) in [5.74, 6) is -0.688. The van der Waals surface area contributed by atoms with Crippen LogP contribution >= 0.6 is 31.9 Å². The fraction of sp³-hybridized carbons (Fsp3) is 0.182. The van der Waals surface area contributed by atoms with E-state index >= 15 is 0 Å². The van der Waals surface area contributed by atoms with Gasteiger partial charge in [-0.3, -0.25) is 9.59 Å². The zero-order valence-electron chi connectivity index (χ0n) is 22.8. The Balaban J connectivity index is 1.42. The fourth-order valence-electron chi connectivity index (χ4n) is 4.32. The van der Waals surface area contributed by atoms with Crippen molar-refractivity contribution >= 4 is 49.9 Å². The average Bonchev–Trinajstić information content (AvgIpc) is 2.97. The maximum absolute atomic E-state index is 13.6. The Hall–Kier alpha value is -3.75. The molecule has 0 aliphatic heterocycles. The van der Waals surface area contributed by atoms with E-state index in [1.807, 2.05) is 117 Å². The van der Waals surface area contributed by atoms with Crippen LogP contribution in [0.25, 0.3) is 0 Å². The van der Waals surface area contributed by atoms with Crippen molar-refractivity contribution in [2.75, 3.05) is 0 Å². The van der Waals surface area contributed by atoms with Gasteiger partial charge >= 0.3 is 0 Å². The van der Waals surface area contributed by atoms with Gasteiger partial charge in [0.05, 0.1) is 21.1 Å². The number of nitrogens with one attached hydrogen (secondary N) is 2. The van der Waals surface area contributed by atoms with E-state index in [1.54, 1.807) is 6.21 Å². The van der Waals surface area contributed by atoms with E-state index in [4.69, 9.17) is 4.74 Å². The molecule has 2 N–H and O–H groups in total. The average molecular weight is 677 g/mol. The van der Waals surface area contributed by atoms with E-state index in [-0.39, 0.29) is 11.8 Å². The Labute approximate surface area is 257 Å². The van der Waals surface area contributed by atoms with E-state index in [9.17, 15) is 9.59 Å². The predicted octanol–water partition coefficient (Wildman–Crippen LogP) is 7.21. The SMILES string of the molecule is CC(C)[C@H](NC(=O)C(c1ccccc1)c1ccccc1)C(=O)N/N=C\c1cc(Br)c(OCc2ccccc2)c(Br)c1. The molecule has 4 rings (SSSR count). The smallest absolute Gasteiger partial charge is 0.262 e. The standard InChI is InChI=1S/C33H31Br2N3O3/c1-22(2)30(37-32(39)29(25-14-8-4-9-15-25)26-16-10-5-11-17-26)33(40)38-36-20-24-18-27(34)31(28(35)19-24)41-21-23-12-6-3-7-13-23/h3-20,22,29-30H,21H2,1-2H3,(H,37,39)(H,38,40)/b36-20-/t30-/m0/s1. The molecule has 41 heavy (non-hydrogen) atoms. The van der Waals surface area contributed by atoms with Crippen molar-refractivity contribution in [1.29, 1.82) is 0 Å². The number of rotatable bonds is 11. The summed E-state index contributed by atoms with van der Waals surface area (Å²) in [6, 6.07) is 31.9. The van der Waals surface area contributed by atoms with Crippen molar-refractivity contribution in [1.82, 2.24) is 10.7 Å². The summed E-state index contributed by atoms with van der Waals surface area (Å²) < 4.78 is 7.47. The first-order valence-corrected chi connectivity index (χ1v) is 14.8. The number of carbonyl (C=O) groups is 2. The van der Waals surface area contributed by atoms with Gasteiger partial charge < -0.3 is 10.1 Å². The van der Waals surface area contributed by atoms with Crippen LogP contribution in [0.1, 0.15) is 42.0 Å². The lowest BCUT2D eigenvalue weighted by atomic mass is 9.89. The van der Waals surface area contributed by atoms with E-state index in [0.717, 1.165) is 31.2 Å². The number of ether oxygens (including phenoxy) is 1. The quantitative estimate of drug-likeness (QED) is 0.130. The van der Waals surface area contributed by atoms with E-state index < -0.39 is 17.9 Å². The molecule has 0 saturated heterocycles. The Bertz CT molecular complexity index is 1420. The second-order valence-corrected chi connectivity index (χ2v) is 11.5. The van der Waals surface area contributed by atoms with Crippen LogP contribution in [0.4, 0.5) is 0 Å². The summed E-state index contributed by atoms with van der Waals surface area (Å²) in [7, 11) is 0. The van der Waals surface area contributed by atoms with Gasteiger partial charge in [-0.15, -0.1) is 0 Å². The van der Waals surface area contributed by atoms with Crippen LogP contribution in [0.15, 0.2) is 117 Å². The second kappa shape index (κ2) is 14.8. The molecule has 0 aliphatic carbocycles. The van der Waals surface area contributed by atoms with Crippen molar-refractivity contribution in [3.8, 4) is 5.75 Å². The van der Waals surface area contributed by atoms with Gasteiger partial charge in [0, 0.05) is 0 Å². The normalized spacial score (nSPS) is 12.0. The lowest BCUT2D eigenvalue weighted by Gasteiger charge is -2.24. The molecule has 2 amide bonds.